The molecule has 104 valence electrons. The summed E-state index contributed by atoms with van der Waals surface area (Å²) >= 11 is 0. The molecule has 7 heteroatoms. The maximum absolute atomic E-state index is 11.7. The van der Waals surface area contributed by atoms with E-state index in [0.29, 0.717) is 6.54 Å². The van der Waals surface area contributed by atoms with Crippen LogP contribution >= 0.6 is 0 Å². The number of amides is 3. The third kappa shape index (κ3) is 4.82. The Morgan fingerprint density at radius 1 is 1.58 bits per heavy atom. The first-order valence-corrected chi connectivity index (χ1v) is 6.05. The van der Waals surface area contributed by atoms with Crippen LogP contribution in [-0.2, 0) is 11.3 Å². The highest BCUT2D eigenvalue weighted by atomic mass is 16.2. The van der Waals surface area contributed by atoms with E-state index >= 15 is 0 Å². The molecule has 0 spiro atoms. The zero-order valence-electron chi connectivity index (χ0n) is 11.1. The molecule has 0 saturated carbocycles. The molecule has 0 bridgehead atoms. The van der Waals surface area contributed by atoms with Gasteiger partial charge in [0, 0.05) is 19.3 Å². The van der Waals surface area contributed by atoms with Crippen LogP contribution < -0.4 is 16.0 Å². The Balaban J connectivity index is 2.43. The maximum atomic E-state index is 11.7. The molecule has 1 heterocycles. The van der Waals surface area contributed by atoms with Gasteiger partial charge in [0.05, 0.1) is 11.9 Å². The van der Waals surface area contributed by atoms with Gasteiger partial charge in [-0.2, -0.15) is 5.10 Å². The summed E-state index contributed by atoms with van der Waals surface area (Å²) in [7, 11) is 0. The van der Waals surface area contributed by atoms with Gasteiger partial charge in [0.15, 0.2) is 0 Å². The number of imide groups is 1. The van der Waals surface area contributed by atoms with Crippen LogP contribution in [0.3, 0.4) is 0 Å². The van der Waals surface area contributed by atoms with Crippen LogP contribution in [0.5, 0.6) is 0 Å². The van der Waals surface area contributed by atoms with E-state index in [4.69, 9.17) is 0 Å². The van der Waals surface area contributed by atoms with Crippen LogP contribution in [0.25, 0.3) is 0 Å². The first-order chi connectivity index (χ1) is 9.06. The molecule has 3 amide bonds. The molecular formula is C12H19N5O2. The van der Waals surface area contributed by atoms with Crippen LogP contribution in [-0.4, -0.2) is 34.3 Å². The van der Waals surface area contributed by atoms with E-state index in [0.717, 1.165) is 12.2 Å². The topological polar surface area (TPSA) is 88.1 Å². The molecule has 0 unspecified atom stereocenters. The number of hydrogen-bond acceptors (Lipinski definition) is 4. The average Bonchev–Trinajstić information content (AvgIpc) is 2.83. The summed E-state index contributed by atoms with van der Waals surface area (Å²) in [5.41, 5.74) is 0.732. The van der Waals surface area contributed by atoms with Crippen molar-refractivity contribution >= 4 is 17.6 Å². The van der Waals surface area contributed by atoms with E-state index in [1.165, 1.54) is 6.08 Å². The molecule has 0 radical (unpaired) electrons. The van der Waals surface area contributed by atoms with Gasteiger partial charge in [-0.3, -0.25) is 14.8 Å². The number of anilines is 1. The van der Waals surface area contributed by atoms with Gasteiger partial charge in [-0.1, -0.05) is 6.08 Å². The molecule has 1 aromatic rings. The van der Waals surface area contributed by atoms with Gasteiger partial charge < -0.3 is 10.6 Å². The normalized spacial score (nSPS) is 11.5. The number of hydrogen-bond donors (Lipinski definition) is 3. The fraction of sp³-hybridized carbons (Fsp3) is 0.417. The van der Waals surface area contributed by atoms with E-state index < -0.39 is 18.0 Å². The summed E-state index contributed by atoms with van der Waals surface area (Å²) in [5, 5.41) is 11.7. The van der Waals surface area contributed by atoms with Crippen LogP contribution in [0.15, 0.2) is 25.0 Å². The molecule has 1 atom stereocenters. The second kappa shape index (κ2) is 7.20. The van der Waals surface area contributed by atoms with Crippen molar-refractivity contribution in [1.82, 2.24) is 20.4 Å². The number of rotatable bonds is 6. The zero-order valence-corrected chi connectivity index (χ0v) is 11.1. The highest BCUT2D eigenvalue weighted by molar-refractivity contribution is 5.97. The molecule has 0 aromatic carbocycles. The molecule has 0 aliphatic heterocycles. The minimum Gasteiger partial charge on any atom is -0.371 e. The van der Waals surface area contributed by atoms with Crippen molar-refractivity contribution in [2.75, 3.05) is 11.9 Å². The molecule has 0 aliphatic rings. The Hall–Kier alpha value is -2.31. The lowest BCUT2D eigenvalue weighted by Crippen LogP contribution is -2.45. The van der Waals surface area contributed by atoms with Gasteiger partial charge >= 0.3 is 6.03 Å². The summed E-state index contributed by atoms with van der Waals surface area (Å²) in [4.78, 5) is 23.0. The lowest BCUT2D eigenvalue weighted by Gasteiger charge is -2.13. The van der Waals surface area contributed by atoms with Crippen molar-refractivity contribution in [3.63, 3.8) is 0 Å². The van der Waals surface area contributed by atoms with Crippen molar-refractivity contribution in [2.45, 2.75) is 26.4 Å². The van der Waals surface area contributed by atoms with E-state index in [9.17, 15) is 9.59 Å². The predicted octanol–water partition coefficient (Wildman–Crippen LogP) is 0.715. The fourth-order valence-electron chi connectivity index (χ4n) is 1.36. The average molecular weight is 265 g/mol. The van der Waals surface area contributed by atoms with E-state index in [1.54, 1.807) is 24.0 Å². The second-order valence-corrected chi connectivity index (χ2v) is 3.94. The van der Waals surface area contributed by atoms with Crippen molar-refractivity contribution in [1.29, 1.82) is 0 Å². The maximum Gasteiger partial charge on any atom is 0.321 e. The first kappa shape index (κ1) is 14.7. The third-order valence-electron chi connectivity index (χ3n) is 2.38. The van der Waals surface area contributed by atoms with Gasteiger partial charge in [0.25, 0.3) is 0 Å². The zero-order chi connectivity index (χ0) is 14.3. The Morgan fingerprint density at radius 3 is 2.89 bits per heavy atom. The fourth-order valence-corrected chi connectivity index (χ4v) is 1.36. The van der Waals surface area contributed by atoms with Crippen molar-refractivity contribution in [2.24, 2.45) is 0 Å². The van der Waals surface area contributed by atoms with Crippen LogP contribution in [0, 0.1) is 0 Å². The molecule has 7 nitrogen and oxygen atoms in total. The smallest absolute Gasteiger partial charge is 0.321 e. The SMILES string of the molecule is C=CCNC(=O)NC(=O)[C@@H](C)Nc1cnn(CC)c1. The van der Waals surface area contributed by atoms with E-state index in [-0.39, 0.29) is 0 Å². The Bertz CT molecular complexity index is 455. The number of nitrogens with one attached hydrogen (secondary N) is 3. The molecule has 1 aromatic heterocycles. The van der Waals surface area contributed by atoms with E-state index in [1.807, 2.05) is 6.92 Å². The number of carbonyl (C=O) groups excluding carboxylic acids is 2. The standard InChI is InChI=1S/C12H19N5O2/c1-4-6-13-12(19)16-11(18)9(3)15-10-7-14-17(5-2)8-10/h4,7-9,15H,1,5-6H2,2-3H3,(H2,13,16,18,19)/t9-/m1/s1. The molecule has 1 rings (SSSR count). The largest absolute Gasteiger partial charge is 0.371 e. The molecule has 0 fully saturated rings. The number of aryl methyl sites for hydroxylation is 1. The third-order valence-corrected chi connectivity index (χ3v) is 2.38. The minimum absolute atomic E-state index is 0.310. The Kier molecular flexibility index (Phi) is 5.59. The summed E-state index contributed by atoms with van der Waals surface area (Å²) < 4.78 is 1.74. The van der Waals surface area contributed by atoms with Gasteiger partial charge in [-0.25, -0.2) is 4.79 Å². The number of carbonyl (C=O) groups is 2. The predicted molar refractivity (Wildman–Crippen MR) is 72.7 cm³/mol. The van der Waals surface area contributed by atoms with E-state index in [2.05, 4.69) is 27.6 Å². The summed E-state index contributed by atoms with van der Waals surface area (Å²) in [6, 6.07) is -1.08. The number of aromatic nitrogens is 2. The van der Waals surface area contributed by atoms with Crippen LogP contribution in [0.2, 0.25) is 0 Å². The lowest BCUT2D eigenvalue weighted by molar-refractivity contribution is -0.120. The summed E-state index contributed by atoms with van der Waals surface area (Å²) in [6.07, 6.45) is 4.96. The number of nitrogens with zero attached hydrogens (tertiary/aromatic N) is 2. The van der Waals surface area contributed by atoms with Crippen molar-refractivity contribution in [3.05, 3.63) is 25.0 Å². The van der Waals surface area contributed by atoms with Crippen molar-refractivity contribution < 1.29 is 9.59 Å². The Labute approximate surface area is 112 Å². The van der Waals surface area contributed by atoms with Gasteiger partial charge in [0.2, 0.25) is 5.91 Å². The highest BCUT2D eigenvalue weighted by Gasteiger charge is 2.15. The first-order valence-electron chi connectivity index (χ1n) is 6.05. The van der Waals surface area contributed by atoms with Gasteiger partial charge in [0.1, 0.15) is 6.04 Å². The molecule has 19 heavy (non-hydrogen) atoms. The number of urea groups is 1. The second-order valence-electron chi connectivity index (χ2n) is 3.94. The highest BCUT2D eigenvalue weighted by Crippen LogP contribution is 2.06. The minimum atomic E-state index is -0.539. The molecule has 0 aliphatic carbocycles. The molecule has 3 N–H and O–H groups in total. The Morgan fingerprint density at radius 2 is 2.32 bits per heavy atom. The quantitative estimate of drug-likeness (QED) is 0.661. The summed E-state index contributed by atoms with van der Waals surface area (Å²) in [6.45, 7) is 8.17. The lowest BCUT2D eigenvalue weighted by atomic mass is 10.3. The van der Waals surface area contributed by atoms with Gasteiger partial charge in [-0.05, 0) is 13.8 Å². The monoisotopic (exact) mass is 265 g/mol. The summed E-state index contributed by atoms with van der Waals surface area (Å²) in [5.74, 6) is -0.411. The van der Waals surface area contributed by atoms with Gasteiger partial charge in [-0.15, -0.1) is 6.58 Å². The van der Waals surface area contributed by atoms with Crippen LogP contribution in [0.1, 0.15) is 13.8 Å². The van der Waals surface area contributed by atoms with Crippen molar-refractivity contribution in [3.8, 4) is 0 Å². The van der Waals surface area contributed by atoms with Crippen LogP contribution in [0.4, 0.5) is 10.5 Å². The molecular weight excluding hydrogens is 246 g/mol. The molecule has 0 saturated heterocycles.